The third kappa shape index (κ3) is 9.82. The van der Waals surface area contributed by atoms with Crippen LogP contribution in [0.3, 0.4) is 0 Å². The Hall–Kier alpha value is -4.36. The van der Waals surface area contributed by atoms with Gasteiger partial charge in [0.2, 0.25) is 0 Å². The van der Waals surface area contributed by atoms with E-state index in [0.717, 1.165) is 44.6 Å². The minimum atomic E-state index is -0.330. The predicted octanol–water partition coefficient (Wildman–Crippen LogP) is 0.543. The lowest BCUT2D eigenvalue weighted by Crippen LogP contribution is -2.24. The van der Waals surface area contributed by atoms with Crippen LogP contribution in [0.1, 0.15) is 36.2 Å². The summed E-state index contributed by atoms with van der Waals surface area (Å²) >= 11 is 0. The van der Waals surface area contributed by atoms with Gasteiger partial charge in [0, 0.05) is 46.3 Å². The summed E-state index contributed by atoms with van der Waals surface area (Å²) in [4.78, 5) is 31.9. The van der Waals surface area contributed by atoms with Gasteiger partial charge in [0.25, 0.3) is 0 Å². The van der Waals surface area contributed by atoms with Crippen LogP contribution in [0.4, 0.5) is 0 Å². The van der Waals surface area contributed by atoms with E-state index in [1.807, 2.05) is 36.4 Å². The maximum absolute atomic E-state index is 12.5. The van der Waals surface area contributed by atoms with Gasteiger partial charge in [0.05, 0.1) is 51.7 Å². The van der Waals surface area contributed by atoms with E-state index >= 15 is 0 Å². The van der Waals surface area contributed by atoms with Crippen LogP contribution < -0.4 is 21.3 Å². The predicted molar refractivity (Wildman–Crippen MR) is 172 cm³/mol. The second kappa shape index (κ2) is 16.8. The molecule has 0 saturated carbocycles. The molecule has 3 aliphatic heterocycles. The summed E-state index contributed by atoms with van der Waals surface area (Å²) in [5, 5.41) is 26.7. The fourth-order valence-electron chi connectivity index (χ4n) is 5.40. The number of rotatable bonds is 16. The highest BCUT2D eigenvalue weighted by Gasteiger charge is 2.21. The maximum atomic E-state index is 12.5. The number of aromatic nitrogens is 2. The zero-order valence-corrected chi connectivity index (χ0v) is 25.8. The first-order chi connectivity index (χ1) is 22.5. The van der Waals surface area contributed by atoms with E-state index in [9.17, 15) is 9.59 Å². The number of nitrogens with one attached hydrogen (secondary N) is 4. The zero-order valence-electron chi connectivity index (χ0n) is 25.8. The lowest BCUT2D eigenvalue weighted by atomic mass is 10.0. The lowest BCUT2D eigenvalue weighted by Gasteiger charge is -2.10. The average molecular weight is 635 g/mol. The highest BCUT2D eigenvalue weighted by molar-refractivity contribution is 5.72. The average Bonchev–Trinajstić information content (AvgIpc) is 3.84. The Morgan fingerprint density at radius 3 is 2.11 bits per heavy atom. The zero-order chi connectivity index (χ0) is 32.1. The molecule has 0 spiro atoms. The standard InChI is InChI=1S/C34H42N4O8/c39-9-11-43-13-15-45-33(41)7-1-23-17-29-20-27-5-3-25(35-27)19-26-4-6-28(36-26)21-30-18-24(32(38-30)22-31(23)37-29)2-8-34(42)46-16-14-44-12-10-40/h3-6,17-22,25,30,35-40H,1-2,7-16H2/b26-19-,27-20-,28-21-,32-22?. The minimum absolute atomic E-state index is 0.0410. The van der Waals surface area contributed by atoms with Crippen LogP contribution in [0, 0.1) is 0 Å². The summed E-state index contributed by atoms with van der Waals surface area (Å²) < 4.78 is 20.9. The number of aryl methyl sites for hydroxylation is 1. The number of aromatic amines is 2. The molecule has 0 saturated heterocycles. The highest BCUT2D eigenvalue weighted by atomic mass is 16.6. The van der Waals surface area contributed by atoms with Gasteiger partial charge in [-0.15, -0.1) is 0 Å². The topological polar surface area (TPSA) is 167 Å². The van der Waals surface area contributed by atoms with Crippen molar-refractivity contribution in [3.63, 3.8) is 0 Å². The van der Waals surface area contributed by atoms with Gasteiger partial charge in [-0.2, -0.15) is 0 Å². The first-order valence-electron chi connectivity index (χ1n) is 15.6. The van der Waals surface area contributed by atoms with E-state index in [0.29, 0.717) is 12.8 Å². The van der Waals surface area contributed by atoms with Crippen LogP contribution in [0.5, 0.6) is 0 Å². The van der Waals surface area contributed by atoms with Crippen molar-refractivity contribution < 1.29 is 38.7 Å². The van der Waals surface area contributed by atoms with Crippen LogP contribution in [0.25, 0.3) is 24.3 Å². The molecule has 0 aromatic carbocycles. The van der Waals surface area contributed by atoms with Crippen molar-refractivity contribution >= 4 is 36.2 Å². The molecule has 246 valence electrons. The smallest absolute Gasteiger partial charge is 0.306 e. The molecule has 3 aliphatic rings. The normalized spacial score (nSPS) is 20.6. The van der Waals surface area contributed by atoms with Crippen molar-refractivity contribution in [3.8, 4) is 0 Å². The molecule has 8 bridgehead atoms. The number of esters is 2. The summed E-state index contributed by atoms with van der Waals surface area (Å²) in [6, 6.07) is 6.06. The quantitative estimate of drug-likeness (QED) is 0.113. The van der Waals surface area contributed by atoms with E-state index in [1.165, 1.54) is 0 Å². The van der Waals surface area contributed by atoms with E-state index in [-0.39, 0.29) is 89.7 Å². The lowest BCUT2D eigenvalue weighted by molar-refractivity contribution is -0.146. The molecule has 2 aromatic heterocycles. The molecule has 0 radical (unpaired) electrons. The van der Waals surface area contributed by atoms with Gasteiger partial charge in [0.15, 0.2) is 0 Å². The summed E-state index contributed by atoms with van der Waals surface area (Å²) in [6.07, 6.45) is 15.9. The van der Waals surface area contributed by atoms with Crippen LogP contribution in [-0.4, -0.2) is 97.1 Å². The largest absolute Gasteiger partial charge is 0.463 e. The Kier molecular flexibility index (Phi) is 12.1. The molecule has 12 heteroatoms. The summed E-state index contributed by atoms with van der Waals surface area (Å²) in [6.45, 7) is 0.991. The number of aliphatic hydroxyl groups is 2. The number of aliphatic hydroxyl groups excluding tert-OH is 2. The monoisotopic (exact) mass is 634 g/mol. The van der Waals surface area contributed by atoms with Crippen LogP contribution in [0.15, 0.2) is 53.4 Å². The highest BCUT2D eigenvalue weighted by Crippen LogP contribution is 2.27. The SMILES string of the molecule is O=C(CCC1=CC2/C=c3/cc/c([nH]3)=C/C3C=C/C(=C/c4cc(CCC(=O)OCCOCCO)c([nH]4)C=C1N2)N3)OCCOCCO. The van der Waals surface area contributed by atoms with Gasteiger partial charge in [-0.05, 0) is 72.6 Å². The molecule has 0 fully saturated rings. The Morgan fingerprint density at radius 2 is 1.41 bits per heavy atom. The van der Waals surface area contributed by atoms with Gasteiger partial charge in [-0.1, -0.05) is 12.2 Å². The number of fused-ring (bicyclic) bond motifs is 8. The molecular weight excluding hydrogens is 592 g/mol. The molecular formula is C34H42N4O8. The fraction of sp³-hybridized carbons (Fsp3) is 0.412. The fourth-order valence-corrected chi connectivity index (χ4v) is 5.40. The maximum Gasteiger partial charge on any atom is 0.306 e. The molecule has 6 N–H and O–H groups in total. The third-order valence-electron chi connectivity index (χ3n) is 7.52. The van der Waals surface area contributed by atoms with E-state index in [4.69, 9.17) is 29.2 Å². The van der Waals surface area contributed by atoms with E-state index < -0.39 is 0 Å². The van der Waals surface area contributed by atoms with Gasteiger partial charge in [-0.3, -0.25) is 9.59 Å². The Bertz CT molecular complexity index is 1600. The van der Waals surface area contributed by atoms with Crippen LogP contribution in [-0.2, 0) is 35.0 Å². The molecule has 2 unspecified atom stereocenters. The van der Waals surface area contributed by atoms with Gasteiger partial charge in [0.1, 0.15) is 13.2 Å². The van der Waals surface area contributed by atoms with Crippen molar-refractivity contribution in [2.75, 3.05) is 52.9 Å². The molecule has 5 heterocycles. The molecule has 2 aromatic rings. The van der Waals surface area contributed by atoms with Crippen molar-refractivity contribution in [2.24, 2.45) is 0 Å². The van der Waals surface area contributed by atoms with Crippen molar-refractivity contribution in [1.82, 2.24) is 20.6 Å². The number of carbonyl (C=O) groups is 2. The minimum Gasteiger partial charge on any atom is -0.463 e. The first kappa shape index (κ1) is 33.0. The van der Waals surface area contributed by atoms with Crippen molar-refractivity contribution in [3.05, 3.63) is 81.0 Å². The number of ether oxygens (including phenoxy) is 4. The van der Waals surface area contributed by atoms with Gasteiger partial charge in [-0.25, -0.2) is 0 Å². The Labute approximate surface area is 267 Å². The van der Waals surface area contributed by atoms with Crippen molar-refractivity contribution in [1.29, 1.82) is 0 Å². The number of carbonyl (C=O) groups excluding carboxylic acids is 2. The second-order valence-electron chi connectivity index (χ2n) is 11.0. The van der Waals surface area contributed by atoms with Crippen LogP contribution in [0.2, 0.25) is 0 Å². The third-order valence-corrected chi connectivity index (χ3v) is 7.52. The molecule has 12 nitrogen and oxygen atoms in total. The molecule has 46 heavy (non-hydrogen) atoms. The van der Waals surface area contributed by atoms with Gasteiger partial charge < -0.3 is 49.8 Å². The number of allylic oxidation sites excluding steroid dienone is 2. The van der Waals surface area contributed by atoms with Gasteiger partial charge >= 0.3 is 11.9 Å². The summed E-state index contributed by atoms with van der Waals surface area (Å²) in [5.74, 6) is -0.655. The number of hydrogen-bond acceptors (Lipinski definition) is 10. The molecule has 2 atom stereocenters. The Morgan fingerprint density at radius 1 is 0.739 bits per heavy atom. The second-order valence-corrected chi connectivity index (χ2v) is 11.0. The molecule has 5 rings (SSSR count). The summed E-state index contributed by atoms with van der Waals surface area (Å²) in [7, 11) is 0. The molecule has 0 amide bonds. The van der Waals surface area contributed by atoms with E-state index in [2.05, 4.69) is 44.9 Å². The van der Waals surface area contributed by atoms with Crippen LogP contribution >= 0.6 is 0 Å². The number of hydrogen-bond donors (Lipinski definition) is 6. The molecule has 0 aliphatic carbocycles. The number of H-pyrrole nitrogens is 2. The summed E-state index contributed by atoms with van der Waals surface area (Å²) in [5.41, 5.74) is 5.49. The van der Waals surface area contributed by atoms with Crippen molar-refractivity contribution in [2.45, 2.75) is 37.8 Å². The first-order valence-corrected chi connectivity index (χ1v) is 15.6. The van der Waals surface area contributed by atoms with E-state index in [1.54, 1.807) is 0 Å². The Balaban J connectivity index is 1.37.